The molecule has 0 saturated heterocycles. The van der Waals surface area contributed by atoms with Gasteiger partial charge < -0.3 is 14.5 Å². The van der Waals surface area contributed by atoms with Gasteiger partial charge in [-0.3, -0.25) is 4.79 Å². The summed E-state index contributed by atoms with van der Waals surface area (Å²) in [6, 6.07) is 13.3. The first kappa shape index (κ1) is 16.0. The van der Waals surface area contributed by atoms with Crippen molar-refractivity contribution >= 4 is 22.7 Å². The van der Waals surface area contributed by atoms with E-state index < -0.39 is 0 Å². The van der Waals surface area contributed by atoms with Crippen LogP contribution in [-0.4, -0.2) is 23.2 Å². The molecule has 2 aromatic carbocycles. The average Bonchev–Trinajstić information content (AvgIpc) is 2.86. The van der Waals surface area contributed by atoms with Gasteiger partial charge in [0, 0.05) is 11.3 Å². The van der Waals surface area contributed by atoms with Crippen LogP contribution in [-0.2, 0) is 0 Å². The third-order valence-corrected chi connectivity index (χ3v) is 5.15. The largest absolute Gasteiger partial charge is 0.490 e. The molecule has 1 aliphatic rings. The fourth-order valence-corrected chi connectivity index (χ4v) is 3.73. The van der Waals surface area contributed by atoms with Gasteiger partial charge in [0.2, 0.25) is 0 Å². The maximum absolute atomic E-state index is 12.2. The fraction of sp³-hybridized carbons (Fsp3) is 0.263. The molecule has 0 radical (unpaired) electrons. The topological polar surface area (TPSA) is 64.2 Å². The zero-order valence-electron chi connectivity index (χ0n) is 13.8. The molecule has 0 amide bonds. The SMILES string of the molecule is CC(Sc1ccc2c(c1)OCCCO2)c1nc2ccccc2c(=O)[nH]1. The summed E-state index contributed by atoms with van der Waals surface area (Å²) in [6.45, 7) is 3.37. The van der Waals surface area contributed by atoms with E-state index in [1.54, 1.807) is 17.8 Å². The van der Waals surface area contributed by atoms with Crippen molar-refractivity contribution in [3.63, 3.8) is 0 Å². The zero-order valence-corrected chi connectivity index (χ0v) is 14.6. The van der Waals surface area contributed by atoms with Crippen LogP contribution in [0.1, 0.15) is 24.4 Å². The van der Waals surface area contributed by atoms with E-state index in [4.69, 9.17) is 9.47 Å². The van der Waals surface area contributed by atoms with Gasteiger partial charge in [-0.2, -0.15) is 0 Å². The predicted molar refractivity (Wildman–Crippen MR) is 98.7 cm³/mol. The van der Waals surface area contributed by atoms with Crippen LogP contribution in [0.4, 0.5) is 0 Å². The number of benzene rings is 2. The first-order chi connectivity index (χ1) is 12.2. The maximum Gasteiger partial charge on any atom is 0.258 e. The highest BCUT2D eigenvalue weighted by atomic mass is 32.2. The summed E-state index contributed by atoms with van der Waals surface area (Å²) in [4.78, 5) is 20.8. The van der Waals surface area contributed by atoms with Crippen molar-refractivity contribution in [2.24, 2.45) is 0 Å². The van der Waals surface area contributed by atoms with E-state index in [0.29, 0.717) is 29.9 Å². The highest BCUT2D eigenvalue weighted by molar-refractivity contribution is 7.99. The van der Waals surface area contributed by atoms with Crippen molar-refractivity contribution in [3.8, 4) is 11.5 Å². The van der Waals surface area contributed by atoms with Gasteiger partial charge in [-0.25, -0.2) is 4.98 Å². The quantitative estimate of drug-likeness (QED) is 0.722. The van der Waals surface area contributed by atoms with Crippen LogP contribution in [0.3, 0.4) is 0 Å². The molecule has 1 N–H and O–H groups in total. The molecule has 4 rings (SSSR count). The van der Waals surface area contributed by atoms with Gasteiger partial charge >= 0.3 is 0 Å². The summed E-state index contributed by atoms with van der Waals surface area (Å²) in [5.41, 5.74) is 0.610. The highest BCUT2D eigenvalue weighted by Gasteiger charge is 2.15. The number of fused-ring (bicyclic) bond motifs is 2. The molecule has 0 bridgehead atoms. The molecule has 0 fully saturated rings. The van der Waals surface area contributed by atoms with E-state index >= 15 is 0 Å². The molecule has 0 spiro atoms. The summed E-state index contributed by atoms with van der Waals surface area (Å²) in [5.74, 6) is 2.22. The van der Waals surface area contributed by atoms with E-state index in [-0.39, 0.29) is 10.8 Å². The molecule has 1 aromatic heterocycles. The minimum Gasteiger partial charge on any atom is -0.490 e. The molecule has 1 unspecified atom stereocenters. The Kier molecular flexibility index (Phi) is 4.36. The number of para-hydroxylation sites is 1. The molecule has 25 heavy (non-hydrogen) atoms. The molecule has 0 saturated carbocycles. The first-order valence-corrected chi connectivity index (χ1v) is 9.14. The smallest absolute Gasteiger partial charge is 0.258 e. The van der Waals surface area contributed by atoms with Crippen molar-refractivity contribution in [1.29, 1.82) is 0 Å². The van der Waals surface area contributed by atoms with E-state index in [9.17, 15) is 4.79 Å². The molecule has 3 aromatic rings. The standard InChI is InChI=1S/C19H18N2O3S/c1-12(18-20-15-6-3-2-5-14(15)19(22)21-18)25-13-7-8-16-17(11-13)24-10-4-9-23-16/h2-3,5-8,11-12H,4,9-10H2,1H3,(H,20,21,22). The Bertz CT molecular complexity index is 970. The number of nitrogens with one attached hydrogen (secondary N) is 1. The predicted octanol–water partition coefficient (Wildman–Crippen LogP) is 3.94. The minimum absolute atomic E-state index is 0.00190. The second-order valence-electron chi connectivity index (χ2n) is 5.89. The van der Waals surface area contributed by atoms with Crippen molar-refractivity contribution < 1.29 is 9.47 Å². The van der Waals surface area contributed by atoms with E-state index in [1.165, 1.54) is 0 Å². The number of H-pyrrole nitrogens is 1. The number of hydrogen-bond acceptors (Lipinski definition) is 5. The lowest BCUT2D eigenvalue weighted by Gasteiger charge is -2.13. The Labute approximate surface area is 149 Å². The summed E-state index contributed by atoms with van der Waals surface area (Å²) in [6.07, 6.45) is 0.885. The number of nitrogens with zero attached hydrogens (tertiary/aromatic N) is 1. The summed E-state index contributed by atoms with van der Waals surface area (Å²) < 4.78 is 11.4. The molecular formula is C19H18N2O3S. The van der Waals surface area contributed by atoms with Crippen LogP contribution in [0.2, 0.25) is 0 Å². The summed E-state index contributed by atoms with van der Waals surface area (Å²) in [5, 5.41) is 0.612. The van der Waals surface area contributed by atoms with Gasteiger partial charge in [-0.05, 0) is 37.3 Å². The van der Waals surface area contributed by atoms with Crippen molar-refractivity contribution in [2.75, 3.05) is 13.2 Å². The van der Waals surface area contributed by atoms with Gasteiger partial charge in [-0.15, -0.1) is 11.8 Å². The molecule has 128 valence electrons. The number of aromatic nitrogens is 2. The molecule has 0 aliphatic carbocycles. The van der Waals surface area contributed by atoms with Crippen LogP contribution in [0, 0.1) is 0 Å². The number of hydrogen-bond donors (Lipinski definition) is 1. The molecule has 5 nitrogen and oxygen atoms in total. The Hall–Kier alpha value is -2.47. The lowest BCUT2D eigenvalue weighted by molar-refractivity contribution is 0.297. The average molecular weight is 354 g/mol. The first-order valence-electron chi connectivity index (χ1n) is 8.26. The lowest BCUT2D eigenvalue weighted by atomic mass is 10.2. The Balaban J connectivity index is 1.61. The third kappa shape index (κ3) is 3.35. The minimum atomic E-state index is -0.105. The van der Waals surface area contributed by atoms with Crippen LogP contribution in [0.5, 0.6) is 11.5 Å². The van der Waals surface area contributed by atoms with Crippen LogP contribution >= 0.6 is 11.8 Å². The van der Waals surface area contributed by atoms with Gasteiger partial charge in [0.25, 0.3) is 5.56 Å². The Morgan fingerprint density at radius 1 is 1.12 bits per heavy atom. The fourth-order valence-electron chi connectivity index (χ4n) is 2.77. The second-order valence-corrected chi connectivity index (χ2v) is 7.30. The van der Waals surface area contributed by atoms with Crippen LogP contribution < -0.4 is 15.0 Å². The Morgan fingerprint density at radius 2 is 1.92 bits per heavy atom. The lowest BCUT2D eigenvalue weighted by Crippen LogP contribution is -2.12. The number of thioether (sulfide) groups is 1. The number of aromatic amines is 1. The molecule has 1 aliphatic heterocycles. The zero-order chi connectivity index (χ0) is 17.2. The van der Waals surface area contributed by atoms with Gasteiger partial charge in [0.1, 0.15) is 5.82 Å². The van der Waals surface area contributed by atoms with Gasteiger partial charge in [0.15, 0.2) is 11.5 Å². The molecular weight excluding hydrogens is 336 g/mol. The second kappa shape index (κ2) is 6.80. The van der Waals surface area contributed by atoms with Crippen molar-refractivity contribution in [3.05, 3.63) is 58.6 Å². The van der Waals surface area contributed by atoms with Crippen LogP contribution in [0.25, 0.3) is 10.9 Å². The normalized spacial score (nSPS) is 14.9. The molecule has 6 heteroatoms. The summed E-state index contributed by atoms with van der Waals surface area (Å²) in [7, 11) is 0. The van der Waals surface area contributed by atoms with E-state index in [2.05, 4.69) is 9.97 Å². The van der Waals surface area contributed by atoms with Crippen LogP contribution in [0.15, 0.2) is 52.2 Å². The number of rotatable bonds is 3. The molecule has 1 atom stereocenters. The molecule has 2 heterocycles. The van der Waals surface area contributed by atoms with Crippen molar-refractivity contribution in [1.82, 2.24) is 9.97 Å². The summed E-state index contributed by atoms with van der Waals surface area (Å²) >= 11 is 1.63. The maximum atomic E-state index is 12.2. The van der Waals surface area contributed by atoms with Gasteiger partial charge in [-0.1, -0.05) is 12.1 Å². The van der Waals surface area contributed by atoms with E-state index in [1.807, 2.05) is 43.3 Å². The van der Waals surface area contributed by atoms with Gasteiger partial charge in [0.05, 0.1) is 29.4 Å². The van der Waals surface area contributed by atoms with E-state index in [0.717, 1.165) is 22.8 Å². The number of ether oxygens (including phenoxy) is 2. The monoisotopic (exact) mass is 354 g/mol. The Morgan fingerprint density at radius 3 is 2.80 bits per heavy atom. The third-order valence-electron chi connectivity index (χ3n) is 4.05. The highest BCUT2D eigenvalue weighted by Crippen LogP contribution is 2.38. The van der Waals surface area contributed by atoms with Crippen molar-refractivity contribution in [2.45, 2.75) is 23.5 Å².